The number of furan rings is 2. The highest BCUT2D eigenvalue weighted by Crippen LogP contribution is 2.38. The summed E-state index contributed by atoms with van der Waals surface area (Å²) in [7, 11) is 0. The first kappa shape index (κ1) is 17.8. The minimum Gasteiger partial charge on any atom is -0.464 e. The van der Waals surface area contributed by atoms with Crippen LogP contribution in [0.5, 0.6) is 0 Å². The Bertz CT molecular complexity index is 1360. The molecule has 2 aromatic heterocycles. The SMILES string of the molecule is C=Cc1oc(CCCC)cc1-c1ccc2c(ccc3c4ccoc4ccc23)c1C. The summed E-state index contributed by atoms with van der Waals surface area (Å²) in [6.07, 6.45) is 6.84. The van der Waals surface area contributed by atoms with Crippen LogP contribution in [-0.4, -0.2) is 0 Å². The van der Waals surface area contributed by atoms with E-state index in [-0.39, 0.29) is 0 Å². The molecule has 0 N–H and O–H groups in total. The molecule has 0 atom stereocenters. The number of rotatable bonds is 5. The van der Waals surface area contributed by atoms with E-state index < -0.39 is 0 Å². The van der Waals surface area contributed by atoms with Crippen LogP contribution in [0.2, 0.25) is 0 Å². The first-order valence-electron chi connectivity index (χ1n) is 10.3. The molecule has 5 aromatic rings. The fraction of sp³-hybridized carbons (Fsp3) is 0.185. The van der Waals surface area contributed by atoms with E-state index in [1.54, 1.807) is 6.26 Å². The van der Waals surface area contributed by atoms with Crippen molar-refractivity contribution in [2.45, 2.75) is 33.1 Å². The van der Waals surface area contributed by atoms with Gasteiger partial charge in [0.1, 0.15) is 17.1 Å². The van der Waals surface area contributed by atoms with E-state index in [0.717, 1.165) is 47.3 Å². The summed E-state index contributed by atoms with van der Waals surface area (Å²) >= 11 is 0. The lowest BCUT2D eigenvalue weighted by Crippen LogP contribution is -1.88. The maximum absolute atomic E-state index is 6.07. The lowest BCUT2D eigenvalue weighted by atomic mass is 9.92. The summed E-state index contributed by atoms with van der Waals surface area (Å²) in [4.78, 5) is 0. The van der Waals surface area contributed by atoms with Crippen molar-refractivity contribution in [1.82, 2.24) is 0 Å². The Labute approximate surface area is 170 Å². The minimum atomic E-state index is 0.861. The largest absolute Gasteiger partial charge is 0.464 e. The molecule has 0 bridgehead atoms. The molecule has 0 saturated carbocycles. The van der Waals surface area contributed by atoms with Gasteiger partial charge in [0.2, 0.25) is 0 Å². The quantitative estimate of drug-likeness (QED) is 0.287. The molecule has 5 rings (SSSR count). The maximum Gasteiger partial charge on any atom is 0.134 e. The normalized spacial score (nSPS) is 11.7. The van der Waals surface area contributed by atoms with Gasteiger partial charge < -0.3 is 8.83 Å². The van der Waals surface area contributed by atoms with Gasteiger partial charge in [-0.2, -0.15) is 0 Å². The second-order valence-electron chi connectivity index (χ2n) is 7.69. The molecule has 0 aliphatic carbocycles. The first-order valence-corrected chi connectivity index (χ1v) is 10.3. The third-order valence-electron chi connectivity index (χ3n) is 5.96. The molecule has 2 heterocycles. The number of hydrogen-bond donors (Lipinski definition) is 0. The minimum absolute atomic E-state index is 0.861. The van der Waals surface area contributed by atoms with E-state index in [4.69, 9.17) is 8.83 Å². The molecule has 0 spiro atoms. The van der Waals surface area contributed by atoms with Crippen molar-refractivity contribution >= 4 is 38.6 Å². The second kappa shape index (κ2) is 6.97. The van der Waals surface area contributed by atoms with Crippen LogP contribution in [0, 0.1) is 6.92 Å². The molecule has 29 heavy (non-hydrogen) atoms. The van der Waals surface area contributed by atoms with Crippen LogP contribution in [0.25, 0.3) is 49.7 Å². The van der Waals surface area contributed by atoms with Crippen molar-refractivity contribution in [3.63, 3.8) is 0 Å². The van der Waals surface area contributed by atoms with Gasteiger partial charge in [0.05, 0.1) is 6.26 Å². The zero-order chi connectivity index (χ0) is 20.0. The van der Waals surface area contributed by atoms with Crippen LogP contribution in [0.3, 0.4) is 0 Å². The monoisotopic (exact) mass is 380 g/mol. The standard InChI is InChI=1S/C27H24O2/c1-4-6-7-18-16-25(26(5-2)29-18)20-9-10-21-19(17(20)3)8-11-23-22(21)12-13-27-24(23)14-15-28-27/h5,8-16H,2,4,6-7H2,1,3H3. The Morgan fingerprint density at radius 3 is 2.41 bits per heavy atom. The zero-order valence-electron chi connectivity index (χ0n) is 16.9. The highest BCUT2D eigenvalue weighted by molar-refractivity contribution is 6.17. The molecule has 0 saturated heterocycles. The molecule has 0 fully saturated rings. The third kappa shape index (κ3) is 2.79. The lowest BCUT2D eigenvalue weighted by molar-refractivity contribution is 0.493. The molecule has 0 amide bonds. The van der Waals surface area contributed by atoms with Crippen LogP contribution in [0.1, 0.15) is 36.8 Å². The van der Waals surface area contributed by atoms with Gasteiger partial charge in [-0.15, -0.1) is 0 Å². The summed E-state index contributed by atoms with van der Waals surface area (Å²) in [6.45, 7) is 8.37. The first-order chi connectivity index (χ1) is 14.2. The fourth-order valence-electron chi connectivity index (χ4n) is 4.41. The van der Waals surface area contributed by atoms with Gasteiger partial charge >= 0.3 is 0 Å². The second-order valence-corrected chi connectivity index (χ2v) is 7.69. The average Bonchev–Trinajstić information content (AvgIpc) is 3.39. The number of hydrogen-bond acceptors (Lipinski definition) is 2. The van der Waals surface area contributed by atoms with Crippen LogP contribution >= 0.6 is 0 Å². The number of fused-ring (bicyclic) bond motifs is 5. The number of unbranched alkanes of at least 4 members (excludes halogenated alkanes) is 1. The van der Waals surface area contributed by atoms with Crippen LogP contribution < -0.4 is 0 Å². The van der Waals surface area contributed by atoms with Gasteiger partial charge in [0, 0.05) is 17.4 Å². The molecule has 3 aromatic carbocycles. The molecule has 0 radical (unpaired) electrons. The smallest absolute Gasteiger partial charge is 0.134 e. The molecule has 2 nitrogen and oxygen atoms in total. The third-order valence-corrected chi connectivity index (χ3v) is 5.96. The average molecular weight is 380 g/mol. The lowest BCUT2D eigenvalue weighted by Gasteiger charge is -2.11. The number of benzene rings is 3. The highest BCUT2D eigenvalue weighted by Gasteiger charge is 2.15. The van der Waals surface area contributed by atoms with Crippen LogP contribution in [0.15, 0.2) is 70.2 Å². The van der Waals surface area contributed by atoms with E-state index in [1.165, 1.54) is 32.7 Å². The van der Waals surface area contributed by atoms with Crippen LogP contribution in [0.4, 0.5) is 0 Å². The van der Waals surface area contributed by atoms with Gasteiger partial charge in [0.15, 0.2) is 0 Å². The summed E-state index contributed by atoms with van der Waals surface area (Å²) in [5.41, 5.74) is 4.54. The zero-order valence-corrected chi connectivity index (χ0v) is 16.9. The van der Waals surface area contributed by atoms with Gasteiger partial charge in [-0.1, -0.05) is 50.3 Å². The van der Waals surface area contributed by atoms with Crippen molar-refractivity contribution in [3.05, 3.63) is 78.5 Å². The Morgan fingerprint density at radius 2 is 1.59 bits per heavy atom. The van der Waals surface area contributed by atoms with E-state index >= 15 is 0 Å². The Balaban J connectivity index is 1.71. The molecule has 144 valence electrons. The summed E-state index contributed by atoms with van der Waals surface area (Å²) in [5, 5.41) is 6.18. The molecule has 0 aliphatic heterocycles. The van der Waals surface area contributed by atoms with Gasteiger partial charge in [-0.05, 0) is 70.3 Å². The van der Waals surface area contributed by atoms with E-state index in [0.29, 0.717) is 0 Å². The van der Waals surface area contributed by atoms with E-state index in [2.05, 4.69) is 62.9 Å². The Kier molecular flexibility index (Phi) is 4.28. The maximum atomic E-state index is 6.07. The molecule has 0 unspecified atom stereocenters. The highest BCUT2D eigenvalue weighted by atomic mass is 16.3. The molecule has 0 aliphatic rings. The molecule has 2 heteroatoms. The van der Waals surface area contributed by atoms with Crippen molar-refractivity contribution in [2.24, 2.45) is 0 Å². The Morgan fingerprint density at radius 1 is 0.862 bits per heavy atom. The van der Waals surface area contributed by atoms with Gasteiger partial charge in [-0.3, -0.25) is 0 Å². The van der Waals surface area contributed by atoms with Gasteiger partial charge in [-0.25, -0.2) is 0 Å². The topological polar surface area (TPSA) is 26.3 Å². The predicted molar refractivity (Wildman–Crippen MR) is 122 cm³/mol. The van der Waals surface area contributed by atoms with Crippen molar-refractivity contribution in [2.75, 3.05) is 0 Å². The van der Waals surface area contributed by atoms with Crippen molar-refractivity contribution in [1.29, 1.82) is 0 Å². The molecular formula is C27H24O2. The summed E-state index contributed by atoms with van der Waals surface area (Å²) < 4.78 is 11.6. The van der Waals surface area contributed by atoms with Crippen molar-refractivity contribution < 1.29 is 8.83 Å². The van der Waals surface area contributed by atoms with Crippen molar-refractivity contribution in [3.8, 4) is 11.1 Å². The van der Waals surface area contributed by atoms with E-state index in [1.807, 2.05) is 12.1 Å². The predicted octanol–water partition coefficient (Wildman–Crippen LogP) is 8.29. The van der Waals surface area contributed by atoms with Gasteiger partial charge in [0.25, 0.3) is 0 Å². The number of aryl methyl sites for hydroxylation is 2. The van der Waals surface area contributed by atoms with E-state index in [9.17, 15) is 0 Å². The fourth-order valence-corrected chi connectivity index (χ4v) is 4.41. The summed E-state index contributed by atoms with van der Waals surface area (Å²) in [6, 6.07) is 17.4. The molecular weight excluding hydrogens is 356 g/mol. The van der Waals surface area contributed by atoms with Crippen LogP contribution in [-0.2, 0) is 6.42 Å². The Hall–Kier alpha value is -3.26. The summed E-state index contributed by atoms with van der Waals surface area (Å²) in [5.74, 6) is 1.90.